The van der Waals surface area contributed by atoms with Crippen LogP contribution in [0, 0.1) is 11.8 Å². The summed E-state index contributed by atoms with van der Waals surface area (Å²) in [5.41, 5.74) is 7.18. The van der Waals surface area contributed by atoms with Gasteiger partial charge >= 0.3 is 0 Å². The van der Waals surface area contributed by atoms with Crippen LogP contribution in [-0.2, 0) is 0 Å². The fourth-order valence-corrected chi connectivity index (χ4v) is 3.78. The van der Waals surface area contributed by atoms with Crippen LogP contribution in [0.15, 0.2) is 23.4 Å². The standard InChI is InChI=1S/C14H18ClN3O2/c15-10-2-1-3-11(13(10)14(16)17-20)18-6-8-4-5-12(19)9(8)7-18/h1-3,8-9,12,19-20H,4-7H2,(H2,16,17). The van der Waals surface area contributed by atoms with E-state index >= 15 is 0 Å². The number of fused-ring (bicyclic) bond motifs is 1. The Morgan fingerprint density at radius 1 is 1.35 bits per heavy atom. The van der Waals surface area contributed by atoms with E-state index in [-0.39, 0.29) is 11.9 Å². The minimum absolute atomic E-state index is 0.0169. The molecule has 1 aliphatic heterocycles. The lowest BCUT2D eigenvalue weighted by Gasteiger charge is -2.23. The van der Waals surface area contributed by atoms with Crippen molar-refractivity contribution in [2.75, 3.05) is 18.0 Å². The van der Waals surface area contributed by atoms with Crippen LogP contribution in [0.2, 0.25) is 5.02 Å². The molecule has 1 saturated heterocycles. The molecular weight excluding hydrogens is 278 g/mol. The Kier molecular flexibility index (Phi) is 3.48. The van der Waals surface area contributed by atoms with Gasteiger partial charge in [0.1, 0.15) is 0 Å². The monoisotopic (exact) mass is 295 g/mol. The Labute approximate surface area is 122 Å². The van der Waals surface area contributed by atoms with Crippen LogP contribution in [0.4, 0.5) is 5.69 Å². The van der Waals surface area contributed by atoms with Gasteiger partial charge in [0.2, 0.25) is 0 Å². The normalized spacial score (nSPS) is 29.8. The maximum atomic E-state index is 10.0. The highest BCUT2D eigenvalue weighted by molar-refractivity contribution is 6.34. The molecule has 1 heterocycles. The van der Waals surface area contributed by atoms with Crippen molar-refractivity contribution in [1.82, 2.24) is 0 Å². The molecule has 3 atom stereocenters. The number of benzene rings is 1. The summed E-state index contributed by atoms with van der Waals surface area (Å²) < 4.78 is 0. The van der Waals surface area contributed by atoms with E-state index in [0.29, 0.717) is 22.4 Å². The summed E-state index contributed by atoms with van der Waals surface area (Å²) >= 11 is 6.18. The fourth-order valence-electron chi connectivity index (χ4n) is 3.51. The van der Waals surface area contributed by atoms with Crippen LogP contribution in [0.5, 0.6) is 0 Å². The second-order valence-electron chi connectivity index (χ2n) is 5.59. The highest BCUT2D eigenvalue weighted by atomic mass is 35.5. The van der Waals surface area contributed by atoms with Gasteiger partial charge in [0.15, 0.2) is 5.84 Å². The lowest BCUT2D eigenvalue weighted by molar-refractivity contribution is 0.133. The van der Waals surface area contributed by atoms with Crippen molar-refractivity contribution in [2.24, 2.45) is 22.7 Å². The van der Waals surface area contributed by atoms with Gasteiger partial charge in [0.05, 0.1) is 16.7 Å². The maximum absolute atomic E-state index is 10.0. The molecule has 3 rings (SSSR count). The molecule has 2 aliphatic rings. The van der Waals surface area contributed by atoms with Crippen LogP contribution >= 0.6 is 11.6 Å². The number of halogens is 1. The molecule has 2 fully saturated rings. The van der Waals surface area contributed by atoms with E-state index in [0.717, 1.165) is 31.6 Å². The van der Waals surface area contributed by atoms with Crippen LogP contribution in [-0.4, -0.2) is 35.3 Å². The van der Waals surface area contributed by atoms with Crippen LogP contribution in [0.3, 0.4) is 0 Å². The van der Waals surface area contributed by atoms with Gasteiger partial charge in [0, 0.05) is 24.7 Å². The van der Waals surface area contributed by atoms with E-state index in [9.17, 15) is 5.11 Å². The predicted molar refractivity (Wildman–Crippen MR) is 78.4 cm³/mol. The topological polar surface area (TPSA) is 82.1 Å². The van der Waals surface area contributed by atoms with Gasteiger partial charge < -0.3 is 20.9 Å². The van der Waals surface area contributed by atoms with Crippen molar-refractivity contribution in [3.05, 3.63) is 28.8 Å². The second-order valence-corrected chi connectivity index (χ2v) is 6.00. The largest absolute Gasteiger partial charge is 0.409 e. The molecule has 1 aliphatic carbocycles. The Hall–Kier alpha value is -1.46. The number of aliphatic hydroxyl groups is 1. The average Bonchev–Trinajstić information content (AvgIpc) is 3.00. The summed E-state index contributed by atoms with van der Waals surface area (Å²) in [4.78, 5) is 2.18. The number of anilines is 1. The van der Waals surface area contributed by atoms with Crippen LogP contribution < -0.4 is 10.6 Å². The van der Waals surface area contributed by atoms with E-state index in [1.165, 1.54) is 0 Å². The molecule has 4 N–H and O–H groups in total. The Bertz CT molecular complexity index is 549. The van der Waals surface area contributed by atoms with Crippen molar-refractivity contribution < 1.29 is 10.3 Å². The molecule has 0 radical (unpaired) electrons. The molecule has 0 amide bonds. The number of rotatable bonds is 2. The molecule has 20 heavy (non-hydrogen) atoms. The number of amidine groups is 1. The molecule has 5 nitrogen and oxygen atoms in total. The van der Waals surface area contributed by atoms with E-state index in [4.69, 9.17) is 22.5 Å². The predicted octanol–water partition coefficient (Wildman–Crippen LogP) is 1.64. The van der Waals surface area contributed by atoms with E-state index in [1.54, 1.807) is 6.07 Å². The summed E-state index contributed by atoms with van der Waals surface area (Å²) in [6, 6.07) is 5.51. The van der Waals surface area contributed by atoms with Crippen molar-refractivity contribution in [3.8, 4) is 0 Å². The minimum Gasteiger partial charge on any atom is -0.409 e. The molecular formula is C14H18ClN3O2. The van der Waals surface area contributed by atoms with Gasteiger partial charge in [-0.2, -0.15) is 0 Å². The van der Waals surface area contributed by atoms with Crippen LogP contribution in [0.1, 0.15) is 18.4 Å². The van der Waals surface area contributed by atoms with Crippen LogP contribution in [0.25, 0.3) is 0 Å². The molecule has 1 aromatic carbocycles. The average molecular weight is 296 g/mol. The van der Waals surface area contributed by atoms with E-state index in [2.05, 4.69) is 10.1 Å². The summed E-state index contributed by atoms with van der Waals surface area (Å²) in [5, 5.41) is 22.5. The first-order valence-electron chi connectivity index (χ1n) is 6.81. The summed E-state index contributed by atoms with van der Waals surface area (Å²) in [6.45, 7) is 1.67. The zero-order valence-corrected chi connectivity index (χ0v) is 11.8. The van der Waals surface area contributed by atoms with E-state index < -0.39 is 0 Å². The Morgan fingerprint density at radius 3 is 2.85 bits per heavy atom. The highest BCUT2D eigenvalue weighted by Crippen LogP contribution is 2.41. The molecule has 0 bridgehead atoms. The summed E-state index contributed by atoms with van der Waals surface area (Å²) in [5.74, 6) is 0.849. The molecule has 1 aromatic rings. The lowest BCUT2D eigenvalue weighted by Crippen LogP contribution is -2.27. The van der Waals surface area contributed by atoms with Gasteiger partial charge in [-0.3, -0.25) is 0 Å². The third-order valence-corrected chi connectivity index (χ3v) is 4.83. The fraction of sp³-hybridized carbons (Fsp3) is 0.500. The first kappa shape index (κ1) is 13.5. The van der Waals surface area contributed by atoms with Gasteiger partial charge in [-0.05, 0) is 30.9 Å². The SMILES string of the molecule is N/C(=N/O)c1c(Cl)cccc1N1CC2CCC(O)C2C1. The van der Waals surface area contributed by atoms with Crippen molar-refractivity contribution in [1.29, 1.82) is 0 Å². The Morgan fingerprint density at radius 2 is 2.15 bits per heavy atom. The third-order valence-electron chi connectivity index (χ3n) is 4.52. The molecule has 0 spiro atoms. The zero-order chi connectivity index (χ0) is 14.3. The van der Waals surface area contributed by atoms with Gasteiger partial charge in [0.25, 0.3) is 0 Å². The second kappa shape index (κ2) is 5.14. The smallest absolute Gasteiger partial charge is 0.173 e. The van der Waals surface area contributed by atoms with Gasteiger partial charge in [-0.15, -0.1) is 0 Å². The van der Waals surface area contributed by atoms with Crippen molar-refractivity contribution in [3.63, 3.8) is 0 Å². The molecule has 108 valence electrons. The molecule has 6 heteroatoms. The molecule has 1 saturated carbocycles. The van der Waals surface area contributed by atoms with Crippen molar-refractivity contribution in [2.45, 2.75) is 18.9 Å². The third kappa shape index (κ3) is 2.11. The Balaban J connectivity index is 1.94. The summed E-state index contributed by atoms with van der Waals surface area (Å²) in [7, 11) is 0. The maximum Gasteiger partial charge on any atom is 0.173 e. The molecule has 3 unspecified atom stereocenters. The quantitative estimate of drug-likeness (QED) is 0.335. The van der Waals surface area contributed by atoms with Gasteiger partial charge in [-0.25, -0.2) is 0 Å². The van der Waals surface area contributed by atoms with Crippen molar-refractivity contribution >= 4 is 23.1 Å². The van der Waals surface area contributed by atoms with E-state index in [1.807, 2.05) is 12.1 Å². The first-order chi connectivity index (χ1) is 9.61. The number of hydrogen-bond acceptors (Lipinski definition) is 4. The number of nitrogens with zero attached hydrogens (tertiary/aromatic N) is 2. The van der Waals surface area contributed by atoms with Gasteiger partial charge in [-0.1, -0.05) is 22.8 Å². The minimum atomic E-state index is -0.212. The number of nitrogens with two attached hydrogens (primary N) is 1. The number of oxime groups is 1. The highest BCUT2D eigenvalue weighted by Gasteiger charge is 2.42. The number of aliphatic hydroxyl groups excluding tert-OH is 1. The first-order valence-corrected chi connectivity index (χ1v) is 7.19. The summed E-state index contributed by atoms with van der Waals surface area (Å²) in [6.07, 6.45) is 1.74. The zero-order valence-electron chi connectivity index (χ0n) is 11.0. The molecule has 0 aromatic heterocycles. The number of hydrogen-bond donors (Lipinski definition) is 3. The lowest BCUT2D eigenvalue weighted by atomic mass is 10.00.